The third kappa shape index (κ3) is 5.34. The molecule has 0 saturated heterocycles. The van der Waals surface area contributed by atoms with Gasteiger partial charge in [-0.05, 0) is 6.92 Å². The number of carbonyl (C=O) groups excluding carboxylic acids is 1. The van der Waals surface area contributed by atoms with Crippen molar-refractivity contribution in [1.29, 1.82) is 0 Å². The first kappa shape index (κ1) is 17.5. The molecule has 0 heterocycles. The Hall–Kier alpha value is 0.510. The summed E-state index contributed by atoms with van der Waals surface area (Å²) < 4.78 is 74.5. The van der Waals surface area contributed by atoms with Crippen LogP contribution < -0.4 is 0 Å². The lowest BCUT2D eigenvalue weighted by Crippen LogP contribution is -2.48. The van der Waals surface area contributed by atoms with Gasteiger partial charge >= 0.3 is 18.3 Å². The summed E-state index contributed by atoms with van der Waals surface area (Å²) in [6, 6.07) is 0. The van der Waals surface area contributed by atoms with Gasteiger partial charge in [-0.3, -0.25) is 4.79 Å². The number of ether oxygens (including phenoxy) is 1. The molecule has 0 amide bonds. The highest BCUT2D eigenvalue weighted by Crippen LogP contribution is 2.37. The summed E-state index contributed by atoms with van der Waals surface area (Å²) in [6.07, 6.45) is -15.4. The van der Waals surface area contributed by atoms with Crippen LogP contribution in [0.5, 0.6) is 0 Å². The fourth-order valence-electron chi connectivity index (χ4n) is 0.604. The van der Waals surface area contributed by atoms with Crippen LogP contribution in [0, 0.1) is 0 Å². The van der Waals surface area contributed by atoms with Gasteiger partial charge < -0.3 is 4.74 Å². The number of halogens is 8. The Kier molecular flexibility index (Phi) is 5.82. The van der Waals surface area contributed by atoms with Gasteiger partial charge in [0.2, 0.25) is 0 Å². The Bertz CT molecular complexity index is 271. The van der Waals surface area contributed by atoms with E-state index in [0.29, 0.717) is 0 Å². The second-order valence-corrected chi connectivity index (χ2v) is 6.34. The summed E-state index contributed by atoms with van der Waals surface area (Å²) in [5.41, 5.74) is 0. The van der Waals surface area contributed by atoms with Crippen molar-refractivity contribution < 1.29 is 35.9 Å². The summed E-state index contributed by atoms with van der Waals surface area (Å²) in [6.45, 7) is 1.19. The molecule has 0 aromatic carbocycles. The second-order valence-electron chi connectivity index (χ2n) is 3.20. The number of hydrogen-bond donors (Lipinski definition) is 0. The Balaban J connectivity index is 4.99. The number of carbonyl (C=O) groups is 1. The van der Waals surface area contributed by atoms with Crippen molar-refractivity contribution in [2.75, 3.05) is 4.43 Å². The Morgan fingerprint density at radius 2 is 1.53 bits per heavy atom. The molecule has 0 spiro atoms. The van der Waals surface area contributed by atoms with Crippen molar-refractivity contribution in [2.24, 2.45) is 0 Å². The van der Waals surface area contributed by atoms with Crippen molar-refractivity contribution in [3.05, 3.63) is 0 Å². The van der Waals surface area contributed by atoms with Gasteiger partial charge in [-0.25, -0.2) is 0 Å². The van der Waals surface area contributed by atoms with Crippen LogP contribution in [-0.2, 0) is 9.53 Å². The molecule has 1 unspecified atom stereocenters. The summed E-state index contributed by atoms with van der Waals surface area (Å²) >= 11 is 3.10. The fourth-order valence-corrected chi connectivity index (χ4v) is 1.04. The topological polar surface area (TPSA) is 26.3 Å². The summed E-state index contributed by atoms with van der Waals surface area (Å²) in [5.74, 6) is -1.55. The molecular weight excluding hydrogens is 484 g/mol. The molecule has 0 N–H and O–H groups in total. The van der Waals surface area contributed by atoms with Crippen molar-refractivity contribution in [2.45, 2.75) is 28.8 Å². The highest BCUT2D eigenvalue weighted by Gasteiger charge is 2.60. The highest BCUT2D eigenvalue weighted by atomic mass is 127. The van der Waals surface area contributed by atoms with Crippen LogP contribution in [0.25, 0.3) is 0 Å². The minimum atomic E-state index is -5.67. The van der Waals surface area contributed by atoms with Crippen molar-refractivity contribution >= 4 is 51.2 Å². The number of rotatable bonds is 3. The first-order valence-electron chi connectivity index (χ1n) is 3.91. The van der Waals surface area contributed by atoms with E-state index in [1.54, 1.807) is 22.6 Å². The first-order valence-corrected chi connectivity index (χ1v) is 6.52. The zero-order chi connectivity index (χ0) is 14.1. The van der Waals surface area contributed by atoms with E-state index in [1.165, 1.54) is 29.5 Å². The normalized spacial score (nSPS) is 16.8. The van der Waals surface area contributed by atoms with E-state index >= 15 is 0 Å². The molecule has 17 heavy (non-hydrogen) atoms. The van der Waals surface area contributed by atoms with Crippen LogP contribution in [0.1, 0.15) is 6.92 Å². The molecule has 102 valence electrons. The lowest BCUT2D eigenvalue weighted by Gasteiger charge is -2.26. The monoisotopic (exact) mass is 490 g/mol. The van der Waals surface area contributed by atoms with E-state index in [-0.39, 0.29) is 4.43 Å². The predicted molar refractivity (Wildman–Crippen MR) is 63.3 cm³/mol. The van der Waals surface area contributed by atoms with Crippen molar-refractivity contribution in [1.82, 2.24) is 0 Å². The van der Waals surface area contributed by atoms with Gasteiger partial charge in [-0.2, -0.15) is 26.3 Å². The third-order valence-electron chi connectivity index (χ3n) is 1.50. The molecule has 0 aliphatic carbocycles. The minimum absolute atomic E-state index is 0.0204. The molecule has 0 radical (unpaired) electrons. The quantitative estimate of drug-likeness (QED) is 0.262. The minimum Gasteiger partial charge on any atom is -0.442 e. The van der Waals surface area contributed by atoms with Crippen LogP contribution in [0.15, 0.2) is 0 Å². The molecule has 10 heteroatoms. The van der Waals surface area contributed by atoms with Gasteiger partial charge in [0.25, 0.3) is 6.10 Å². The van der Waals surface area contributed by atoms with Crippen LogP contribution in [-0.4, -0.2) is 32.3 Å². The number of alkyl halides is 8. The average Bonchev–Trinajstić information content (AvgIpc) is 2.09. The molecule has 0 saturated carbocycles. The van der Waals surface area contributed by atoms with E-state index in [0.717, 1.165) is 0 Å². The largest absolute Gasteiger partial charge is 0.442 e. The maximum Gasteiger partial charge on any atom is 0.434 e. The molecule has 0 aromatic rings. The highest BCUT2D eigenvalue weighted by molar-refractivity contribution is 14.1. The lowest BCUT2D eigenvalue weighted by atomic mass is 10.2. The van der Waals surface area contributed by atoms with Gasteiger partial charge in [-0.15, -0.1) is 0 Å². The van der Waals surface area contributed by atoms with E-state index in [1.807, 2.05) is 0 Å². The summed E-state index contributed by atoms with van der Waals surface area (Å²) in [5, 5.41) is 0. The van der Waals surface area contributed by atoms with Crippen LogP contribution in [0.3, 0.4) is 0 Å². The summed E-state index contributed by atoms with van der Waals surface area (Å²) in [4.78, 5) is 11.2. The van der Waals surface area contributed by atoms with E-state index in [4.69, 9.17) is 0 Å². The molecule has 0 aliphatic rings. The van der Waals surface area contributed by atoms with Crippen molar-refractivity contribution in [3.63, 3.8) is 0 Å². The van der Waals surface area contributed by atoms with Crippen LogP contribution in [0.2, 0.25) is 0 Å². The number of hydrogen-bond acceptors (Lipinski definition) is 2. The smallest absolute Gasteiger partial charge is 0.434 e. The van der Waals surface area contributed by atoms with Gasteiger partial charge in [0, 0.05) is 4.43 Å². The maximum atomic E-state index is 12.1. The molecular formula is C7H6F6I2O2. The van der Waals surface area contributed by atoms with Crippen molar-refractivity contribution in [3.8, 4) is 0 Å². The zero-order valence-corrected chi connectivity index (χ0v) is 12.4. The summed E-state index contributed by atoms with van der Waals surface area (Å²) in [7, 11) is 0. The van der Waals surface area contributed by atoms with Crippen LogP contribution >= 0.6 is 45.2 Å². The Morgan fingerprint density at radius 3 is 1.76 bits per heavy atom. The van der Waals surface area contributed by atoms with Gasteiger partial charge in [0.05, 0.1) is 0 Å². The first-order chi connectivity index (χ1) is 7.32. The van der Waals surface area contributed by atoms with Gasteiger partial charge in [-0.1, -0.05) is 45.2 Å². The molecule has 0 aliphatic heterocycles. The average molecular weight is 490 g/mol. The van der Waals surface area contributed by atoms with E-state index in [2.05, 4.69) is 4.74 Å². The Morgan fingerprint density at radius 1 is 1.18 bits per heavy atom. The predicted octanol–water partition coefficient (Wildman–Crippen LogP) is 3.65. The molecule has 0 fully saturated rings. The third-order valence-corrected chi connectivity index (χ3v) is 5.30. The Labute approximate surface area is 120 Å². The SMILES string of the molecule is CC(I)(CI)C(=O)OC(C(F)(F)F)C(F)(F)F. The van der Waals surface area contributed by atoms with Crippen LogP contribution in [0.4, 0.5) is 26.3 Å². The van der Waals surface area contributed by atoms with E-state index in [9.17, 15) is 31.1 Å². The maximum absolute atomic E-state index is 12.1. The number of esters is 1. The molecule has 2 nitrogen and oxygen atoms in total. The van der Waals surface area contributed by atoms with E-state index < -0.39 is 27.8 Å². The lowest BCUT2D eigenvalue weighted by molar-refractivity contribution is -0.313. The molecule has 0 bridgehead atoms. The molecule has 0 rings (SSSR count). The molecule has 0 aromatic heterocycles. The second kappa shape index (κ2) is 5.65. The zero-order valence-electron chi connectivity index (χ0n) is 8.12. The van der Waals surface area contributed by atoms with Gasteiger partial charge in [0.15, 0.2) is 0 Å². The van der Waals surface area contributed by atoms with Gasteiger partial charge in [0.1, 0.15) is 3.42 Å². The fraction of sp³-hybridized carbons (Fsp3) is 0.857. The molecule has 1 atom stereocenters. The standard InChI is InChI=1S/C7H6F6I2O2/c1-5(15,2-14)4(16)17-3(6(8,9)10)7(11,12)13/h3H,2H2,1H3.